The van der Waals surface area contributed by atoms with Crippen molar-refractivity contribution in [3.63, 3.8) is 0 Å². The second-order valence-corrected chi connectivity index (χ2v) is 5.85. The van der Waals surface area contributed by atoms with Crippen molar-refractivity contribution in [2.45, 2.75) is 32.6 Å². The third-order valence-electron chi connectivity index (χ3n) is 4.34. The predicted octanol–water partition coefficient (Wildman–Crippen LogP) is 2.12. The molecule has 4 nitrogen and oxygen atoms in total. The fourth-order valence-corrected chi connectivity index (χ4v) is 3.08. The molecular weight excluding hydrogens is 262 g/mol. The lowest BCUT2D eigenvalue weighted by Crippen LogP contribution is -2.28. The summed E-state index contributed by atoms with van der Waals surface area (Å²) in [5.41, 5.74) is 9.65. The quantitative estimate of drug-likeness (QED) is 0.720. The molecule has 0 saturated carbocycles. The molecule has 4 heteroatoms. The molecule has 0 amide bonds. The van der Waals surface area contributed by atoms with Crippen LogP contribution >= 0.6 is 0 Å². The van der Waals surface area contributed by atoms with Crippen LogP contribution in [0.5, 0.6) is 0 Å². The molecule has 1 aliphatic heterocycles. The Morgan fingerprint density at radius 1 is 1.24 bits per heavy atom. The van der Waals surface area contributed by atoms with Crippen molar-refractivity contribution in [3.8, 4) is 0 Å². The molecule has 21 heavy (non-hydrogen) atoms. The van der Waals surface area contributed by atoms with Crippen LogP contribution in [0.3, 0.4) is 0 Å². The number of hydrogen-bond donors (Lipinski definition) is 2. The van der Waals surface area contributed by atoms with Crippen LogP contribution in [0.2, 0.25) is 0 Å². The Labute approximate surface area is 128 Å². The Balaban J connectivity index is 1.85. The number of aryl methyl sites for hydroxylation is 1. The first-order chi connectivity index (χ1) is 10.2. The van der Waals surface area contributed by atoms with Crippen molar-refractivity contribution < 1.29 is 5.11 Å². The summed E-state index contributed by atoms with van der Waals surface area (Å²) in [6.45, 7) is 7.45. The molecule has 1 fully saturated rings. The molecule has 3 N–H and O–H groups in total. The van der Waals surface area contributed by atoms with Crippen LogP contribution in [0.25, 0.3) is 0 Å². The Hall–Kier alpha value is -1.26. The lowest BCUT2D eigenvalue weighted by atomic mass is 10.1. The maximum absolute atomic E-state index is 8.99. The number of benzene rings is 1. The van der Waals surface area contributed by atoms with Gasteiger partial charge in [-0.2, -0.15) is 0 Å². The molecule has 1 saturated heterocycles. The van der Waals surface area contributed by atoms with E-state index in [1.54, 1.807) is 0 Å². The Bertz CT molecular complexity index is 430. The zero-order chi connectivity index (χ0) is 15.1. The van der Waals surface area contributed by atoms with Gasteiger partial charge in [-0.05, 0) is 56.5 Å². The predicted molar refractivity (Wildman–Crippen MR) is 89.8 cm³/mol. The largest absolute Gasteiger partial charge is 0.397 e. The fraction of sp³-hybridized carbons (Fsp3) is 0.647. The van der Waals surface area contributed by atoms with Crippen molar-refractivity contribution in [2.75, 3.05) is 50.0 Å². The molecule has 2 rings (SSSR count). The molecule has 0 bridgehead atoms. The minimum Gasteiger partial charge on any atom is -0.397 e. The molecule has 0 aliphatic carbocycles. The average Bonchev–Trinajstić information content (AvgIpc) is 3.00. The number of nitrogens with zero attached hydrogens (tertiary/aromatic N) is 2. The van der Waals surface area contributed by atoms with Crippen molar-refractivity contribution in [1.82, 2.24) is 4.90 Å². The third-order valence-corrected chi connectivity index (χ3v) is 4.34. The van der Waals surface area contributed by atoms with Gasteiger partial charge in [0.05, 0.1) is 18.0 Å². The number of aliphatic hydroxyl groups excluding tert-OH is 1. The van der Waals surface area contributed by atoms with E-state index in [1.807, 2.05) is 0 Å². The van der Waals surface area contributed by atoms with E-state index in [0.29, 0.717) is 0 Å². The molecular formula is C17H29N3O. The highest BCUT2D eigenvalue weighted by Gasteiger charge is 2.14. The topological polar surface area (TPSA) is 52.7 Å². The van der Waals surface area contributed by atoms with Gasteiger partial charge in [0.1, 0.15) is 0 Å². The van der Waals surface area contributed by atoms with E-state index in [2.05, 4.69) is 34.9 Å². The first kappa shape index (κ1) is 16.1. The van der Waals surface area contributed by atoms with Gasteiger partial charge in [0, 0.05) is 19.6 Å². The van der Waals surface area contributed by atoms with E-state index in [4.69, 9.17) is 10.8 Å². The molecule has 0 spiro atoms. The number of nitrogen functional groups attached to an aromatic ring is 1. The molecule has 1 heterocycles. The number of hydrogen-bond acceptors (Lipinski definition) is 4. The summed E-state index contributed by atoms with van der Waals surface area (Å²) >= 11 is 0. The summed E-state index contributed by atoms with van der Waals surface area (Å²) in [5, 5.41) is 8.99. The Morgan fingerprint density at radius 2 is 2.00 bits per heavy atom. The van der Waals surface area contributed by atoms with Gasteiger partial charge in [-0.3, -0.25) is 0 Å². The fourth-order valence-electron chi connectivity index (χ4n) is 3.08. The van der Waals surface area contributed by atoms with Gasteiger partial charge >= 0.3 is 0 Å². The highest BCUT2D eigenvalue weighted by atomic mass is 16.3. The molecule has 0 aromatic heterocycles. The molecule has 1 aromatic rings. The van der Waals surface area contributed by atoms with Gasteiger partial charge in [-0.1, -0.05) is 13.0 Å². The minimum atomic E-state index is 0.241. The van der Waals surface area contributed by atoms with Crippen molar-refractivity contribution in [2.24, 2.45) is 0 Å². The van der Waals surface area contributed by atoms with Gasteiger partial charge in [-0.25, -0.2) is 0 Å². The van der Waals surface area contributed by atoms with Gasteiger partial charge in [0.15, 0.2) is 0 Å². The molecule has 0 unspecified atom stereocenters. The van der Waals surface area contributed by atoms with Crippen molar-refractivity contribution >= 4 is 11.4 Å². The molecule has 118 valence electrons. The second-order valence-electron chi connectivity index (χ2n) is 5.85. The number of nitrogens with two attached hydrogens (primary N) is 1. The van der Waals surface area contributed by atoms with E-state index in [0.717, 1.165) is 51.3 Å². The monoisotopic (exact) mass is 291 g/mol. The minimum absolute atomic E-state index is 0.241. The van der Waals surface area contributed by atoms with Crippen molar-refractivity contribution in [1.29, 1.82) is 0 Å². The lowest BCUT2D eigenvalue weighted by Gasteiger charge is -2.21. The Kier molecular flexibility index (Phi) is 6.33. The van der Waals surface area contributed by atoms with Crippen LogP contribution < -0.4 is 10.6 Å². The van der Waals surface area contributed by atoms with Crippen LogP contribution in [-0.4, -0.2) is 49.3 Å². The number of likely N-dealkylation sites (N-methyl/N-ethyl adjacent to an activating group) is 1. The number of anilines is 2. The van der Waals surface area contributed by atoms with E-state index in [-0.39, 0.29) is 6.61 Å². The van der Waals surface area contributed by atoms with E-state index >= 15 is 0 Å². The zero-order valence-corrected chi connectivity index (χ0v) is 13.2. The van der Waals surface area contributed by atoms with E-state index in [9.17, 15) is 0 Å². The maximum Gasteiger partial charge on any atom is 0.0600 e. The third kappa shape index (κ3) is 4.61. The van der Waals surface area contributed by atoms with Gasteiger partial charge in [-0.15, -0.1) is 0 Å². The van der Waals surface area contributed by atoms with Gasteiger partial charge in [0.25, 0.3) is 0 Å². The summed E-state index contributed by atoms with van der Waals surface area (Å²) in [6.07, 6.45) is 4.71. The maximum atomic E-state index is 8.99. The summed E-state index contributed by atoms with van der Waals surface area (Å²) in [7, 11) is 0. The summed E-state index contributed by atoms with van der Waals surface area (Å²) < 4.78 is 0. The average molecular weight is 291 g/mol. The van der Waals surface area contributed by atoms with Crippen molar-refractivity contribution in [3.05, 3.63) is 23.8 Å². The summed E-state index contributed by atoms with van der Waals surface area (Å²) in [6, 6.07) is 6.53. The first-order valence-electron chi connectivity index (χ1n) is 8.21. The smallest absolute Gasteiger partial charge is 0.0600 e. The highest BCUT2D eigenvalue weighted by molar-refractivity contribution is 5.68. The number of rotatable bonds is 8. The standard InChI is InChI=1S/C17H29N3O/c1-2-19(12-13-21)9-5-6-15-7-8-17(16(18)14-15)20-10-3-4-11-20/h7-8,14,21H,2-6,9-13,18H2,1H3. The molecule has 1 aromatic carbocycles. The number of aliphatic hydroxyl groups is 1. The van der Waals surface area contributed by atoms with Crippen LogP contribution in [0.15, 0.2) is 18.2 Å². The molecule has 1 aliphatic rings. The lowest BCUT2D eigenvalue weighted by molar-refractivity contribution is 0.200. The molecule has 0 atom stereocenters. The first-order valence-corrected chi connectivity index (χ1v) is 8.21. The van der Waals surface area contributed by atoms with Crippen LogP contribution in [0.4, 0.5) is 11.4 Å². The second kappa shape index (κ2) is 8.25. The van der Waals surface area contributed by atoms with E-state index < -0.39 is 0 Å². The van der Waals surface area contributed by atoms with Crippen LogP contribution in [0.1, 0.15) is 31.7 Å². The Morgan fingerprint density at radius 3 is 2.62 bits per heavy atom. The zero-order valence-electron chi connectivity index (χ0n) is 13.2. The van der Waals surface area contributed by atoms with Crippen LogP contribution in [-0.2, 0) is 6.42 Å². The van der Waals surface area contributed by atoms with Crippen LogP contribution in [0, 0.1) is 0 Å². The highest BCUT2D eigenvalue weighted by Crippen LogP contribution is 2.27. The van der Waals surface area contributed by atoms with Gasteiger partial charge in [0.2, 0.25) is 0 Å². The summed E-state index contributed by atoms with van der Waals surface area (Å²) in [4.78, 5) is 4.67. The van der Waals surface area contributed by atoms with E-state index in [1.165, 1.54) is 24.1 Å². The normalized spacial score (nSPS) is 15.1. The van der Waals surface area contributed by atoms with Gasteiger partial charge < -0.3 is 20.6 Å². The summed E-state index contributed by atoms with van der Waals surface area (Å²) in [5.74, 6) is 0. The molecule has 0 radical (unpaired) electrons. The SMILES string of the molecule is CCN(CCO)CCCc1ccc(N2CCCC2)c(N)c1.